The zero-order valence-electron chi connectivity index (χ0n) is 15.5. The fraction of sp³-hybridized carbons (Fsp3) is 0.364. The number of amides is 1. The van der Waals surface area contributed by atoms with Gasteiger partial charge in [-0.1, -0.05) is 42.5 Å². The van der Waals surface area contributed by atoms with E-state index < -0.39 is 11.9 Å². The molecule has 28 heavy (non-hydrogen) atoms. The molecule has 148 valence electrons. The molecule has 1 N–H and O–H groups in total. The molecule has 0 bridgehead atoms. The standard InChI is InChI=1S/C22H23NO4.ClH/c24-21(23-11-10-17(13-23)22(25)26)20-12-19(20)16-6-8-18(9-7-16)27-14-15-4-2-1-3-5-15;/h1-9,17,19-20H,10-14H2,(H,25,26);1H. The molecule has 2 fully saturated rings. The van der Waals surface area contributed by atoms with Crippen LogP contribution in [0, 0.1) is 11.8 Å². The number of benzene rings is 2. The summed E-state index contributed by atoms with van der Waals surface area (Å²) in [4.78, 5) is 25.4. The Balaban J connectivity index is 0.00000225. The third kappa shape index (κ3) is 4.47. The van der Waals surface area contributed by atoms with Crippen molar-refractivity contribution in [1.82, 2.24) is 4.90 Å². The molecule has 1 saturated heterocycles. The van der Waals surface area contributed by atoms with Gasteiger partial charge in [0.05, 0.1) is 5.92 Å². The molecular formula is C22H24ClNO4. The van der Waals surface area contributed by atoms with Gasteiger partial charge in [-0.05, 0) is 42.0 Å². The van der Waals surface area contributed by atoms with Crippen LogP contribution < -0.4 is 4.74 Å². The molecule has 0 spiro atoms. The largest absolute Gasteiger partial charge is 0.489 e. The summed E-state index contributed by atoms with van der Waals surface area (Å²) in [5, 5.41) is 9.09. The number of nitrogens with zero attached hydrogens (tertiary/aromatic N) is 1. The first-order valence-electron chi connectivity index (χ1n) is 9.40. The van der Waals surface area contributed by atoms with E-state index in [-0.39, 0.29) is 30.2 Å². The summed E-state index contributed by atoms with van der Waals surface area (Å²) in [5.41, 5.74) is 2.27. The molecular weight excluding hydrogens is 378 g/mol. The van der Waals surface area contributed by atoms with Crippen LogP contribution in [0.15, 0.2) is 54.6 Å². The van der Waals surface area contributed by atoms with Crippen LogP contribution >= 0.6 is 12.4 Å². The maximum absolute atomic E-state index is 12.6. The zero-order chi connectivity index (χ0) is 18.8. The van der Waals surface area contributed by atoms with Crippen molar-refractivity contribution in [2.75, 3.05) is 13.1 Å². The molecule has 0 aromatic heterocycles. The van der Waals surface area contributed by atoms with Crippen molar-refractivity contribution < 1.29 is 19.4 Å². The van der Waals surface area contributed by atoms with Gasteiger partial charge in [0.1, 0.15) is 12.4 Å². The number of rotatable bonds is 6. The predicted octanol–water partition coefficient (Wildman–Crippen LogP) is 3.72. The first kappa shape index (κ1) is 20.2. The fourth-order valence-electron chi connectivity index (χ4n) is 3.78. The lowest BCUT2D eigenvalue weighted by Gasteiger charge is -2.15. The highest BCUT2D eigenvalue weighted by molar-refractivity contribution is 5.85. The Labute approximate surface area is 170 Å². The molecule has 1 heterocycles. The lowest BCUT2D eigenvalue weighted by Crippen LogP contribution is -2.31. The van der Waals surface area contributed by atoms with Gasteiger partial charge >= 0.3 is 5.97 Å². The number of carboxylic acids is 1. The highest BCUT2D eigenvalue weighted by Crippen LogP contribution is 2.49. The highest BCUT2D eigenvalue weighted by atomic mass is 35.5. The molecule has 1 aliphatic carbocycles. The van der Waals surface area contributed by atoms with Gasteiger partial charge in [0.15, 0.2) is 0 Å². The number of carbonyl (C=O) groups is 2. The maximum atomic E-state index is 12.6. The van der Waals surface area contributed by atoms with Crippen LogP contribution in [0.2, 0.25) is 0 Å². The summed E-state index contributed by atoms with van der Waals surface area (Å²) in [6.07, 6.45) is 1.41. The van der Waals surface area contributed by atoms with Gasteiger partial charge in [-0.15, -0.1) is 12.4 Å². The van der Waals surface area contributed by atoms with E-state index in [1.807, 2.05) is 54.6 Å². The third-order valence-corrected chi connectivity index (χ3v) is 5.51. The average Bonchev–Trinajstić information content (AvgIpc) is 3.33. The quantitative estimate of drug-likeness (QED) is 0.801. The Morgan fingerprint density at radius 3 is 2.43 bits per heavy atom. The first-order valence-corrected chi connectivity index (χ1v) is 9.40. The molecule has 3 atom stereocenters. The first-order chi connectivity index (χ1) is 13.1. The number of ether oxygens (including phenoxy) is 1. The lowest BCUT2D eigenvalue weighted by atomic mass is 10.1. The molecule has 4 rings (SSSR count). The van der Waals surface area contributed by atoms with Gasteiger partial charge in [0, 0.05) is 19.0 Å². The Morgan fingerprint density at radius 1 is 1.07 bits per heavy atom. The summed E-state index contributed by atoms with van der Waals surface area (Å²) in [7, 11) is 0. The Morgan fingerprint density at radius 2 is 1.79 bits per heavy atom. The maximum Gasteiger partial charge on any atom is 0.308 e. The molecule has 1 amide bonds. The van der Waals surface area contributed by atoms with Gasteiger partial charge in [-0.3, -0.25) is 9.59 Å². The summed E-state index contributed by atoms with van der Waals surface area (Å²) < 4.78 is 5.81. The summed E-state index contributed by atoms with van der Waals surface area (Å²) in [6, 6.07) is 18.0. The average molecular weight is 402 g/mol. The van der Waals surface area contributed by atoms with Crippen LogP contribution in [-0.4, -0.2) is 35.0 Å². The minimum Gasteiger partial charge on any atom is -0.489 e. The molecule has 5 nitrogen and oxygen atoms in total. The van der Waals surface area contributed by atoms with Crippen LogP contribution in [-0.2, 0) is 16.2 Å². The Kier molecular flexibility index (Phi) is 6.25. The normalized spacial score (nSPS) is 23.0. The third-order valence-electron chi connectivity index (χ3n) is 5.51. The predicted molar refractivity (Wildman–Crippen MR) is 108 cm³/mol. The van der Waals surface area contributed by atoms with Gasteiger partial charge in [-0.25, -0.2) is 0 Å². The van der Waals surface area contributed by atoms with Crippen LogP contribution in [0.4, 0.5) is 0 Å². The lowest BCUT2D eigenvalue weighted by molar-refractivity contribution is -0.141. The van der Waals surface area contributed by atoms with E-state index in [0.29, 0.717) is 26.1 Å². The molecule has 1 saturated carbocycles. The topological polar surface area (TPSA) is 66.8 Å². The van der Waals surface area contributed by atoms with Crippen molar-refractivity contribution in [2.24, 2.45) is 11.8 Å². The second-order valence-electron chi connectivity index (χ2n) is 7.40. The van der Waals surface area contributed by atoms with Crippen molar-refractivity contribution in [3.05, 3.63) is 65.7 Å². The van der Waals surface area contributed by atoms with Crippen molar-refractivity contribution in [3.8, 4) is 5.75 Å². The molecule has 2 aromatic rings. The molecule has 0 radical (unpaired) electrons. The summed E-state index contributed by atoms with van der Waals surface area (Å²) >= 11 is 0. The summed E-state index contributed by atoms with van der Waals surface area (Å²) in [6.45, 7) is 1.44. The second-order valence-corrected chi connectivity index (χ2v) is 7.40. The highest BCUT2D eigenvalue weighted by Gasteiger charge is 2.47. The Hall–Kier alpha value is -2.53. The number of carboxylic acid groups (broad SMARTS) is 1. The fourth-order valence-corrected chi connectivity index (χ4v) is 3.78. The molecule has 6 heteroatoms. The SMILES string of the molecule is Cl.O=C(O)C1CCN(C(=O)C2CC2c2ccc(OCc3ccccc3)cc2)C1. The number of hydrogen-bond donors (Lipinski definition) is 1. The van der Waals surface area contributed by atoms with Crippen molar-refractivity contribution in [3.63, 3.8) is 0 Å². The van der Waals surface area contributed by atoms with Crippen molar-refractivity contribution >= 4 is 24.3 Å². The second kappa shape index (κ2) is 8.65. The van der Waals surface area contributed by atoms with E-state index in [1.54, 1.807) is 4.90 Å². The van der Waals surface area contributed by atoms with Gasteiger partial charge in [0.2, 0.25) is 5.91 Å². The number of hydrogen-bond acceptors (Lipinski definition) is 3. The molecule has 2 aromatic carbocycles. The van der Waals surface area contributed by atoms with Crippen molar-refractivity contribution in [1.29, 1.82) is 0 Å². The Bertz CT molecular complexity index is 824. The smallest absolute Gasteiger partial charge is 0.308 e. The van der Waals surface area contributed by atoms with E-state index in [4.69, 9.17) is 9.84 Å². The molecule has 3 unspecified atom stereocenters. The van der Waals surface area contributed by atoms with Crippen LogP contribution in [0.3, 0.4) is 0 Å². The molecule has 1 aliphatic heterocycles. The number of likely N-dealkylation sites (tertiary alicyclic amines) is 1. The zero-order valence-corrected chi connectivity index (χ0v) is 16.3. The number of aliphatic carboxylic acids is 1. The summed E-state index contributed by atoms with van der Waals surface area (Å²) in [5.74, 6) is -0.0581. The van der Waals surface area contributed by atoms with E-state index in [1.165, 1.54) is 0 Å². The van der Waals surface area contributed by atoms with Gasteiger partial charge in [-0.2, -0.15) is 0 Å². The molecule has 2 aliphatic rings. The van der Waals surface area contributed by atoms with Crippen LogP contribution in [0.5, 0.6) is 5.75 Å². The van der Waals surface area contributed by atoms with Crippen molar-refractivity contribution in [2.45, 2.75) is 25.4 Å². The van der Waals surface area contributed by atoms with E-state index >= 15 is 0 Å². The number of halogens is 1. The van der Waals surface area contributed by atoms with E-state index in [2.05, 4.69) is 0 Å². The van der Waals surface area contributed by atoms with Crippen LogP contribution in [0.25, 0.3) is 0 Å². The van der Waals surface area contributed by atoms with Gasteiger partial charge < -0.3 is 14.7 Å². The van der Waals surface area contributed by atoms with E-state index in [0.717, 1.165) is 23.3 Å². The van der Waals surface area contributed by atoms with Gasteiger partial charge in [0.25, 0.3) is 0 Å². The monoisotopic (exact) mass is 401 g/mol. The minimum atomic E-state index is -0.802. The van der Waals surface area contributed by atoms with E-state index in [9.17, 15) is 9.59 Å². The van der Waals surface area contributed by atoms with Crippen LogP contribution in [0.1, 0.15) is 29.9 Å². The number of carbonyl (C=O) groups excluding carboxylic acids is 1. The minimum absolute atomic E-state index is 0.